The van der Waals surface area contributed by atoms with Gasteiger partial charge in [0.2, 0.25) is 0 Å². The average Bonchev–Trinajstić information content (AvgIpc) is 2.79. The second kappa shape index (κ2) is 5.57. The second-order valence-electron chi connectivity index (χ2n) is 4.08. The van der Waals surface area contributed by atoms with Gasteiger partial charge in [0.15, 0.2) is 5.16 Å². The summed E-state index contributed by atoms with van der Waals surface area (Å²) < 4.78 is 1.05. The molecule has 0 radical (unpaired) electrons. The van der Waals surface area contributed by atoms with Crippen LogP contribution in [0.25, 0.3) is 11.0 Å². The van der Waals surface area contributed by atoms with Crippen LogP contribution in [0.2, 0.25) is 5.02 Å². The highest BCUT2D eigenvalue weighted by Gasteiger charge is 2.05. The van der Waals surface area contributed by atoms with E-state index in [4.69, 9.17) is 11.6 Å². The summed E-state index contributed by atoms with van der Waals surface area (Å²) in [4.78, 5) is 7.85. The summed E-state index contributed by atoms with van der Waals surface area (Å²) in [6.45, 7) is 0. The number of imidazole rings is 1. The molecule has 0 amide bonds. The molecule has 1 N–H and O–H groups in total. The van der Waals surface area contributed by atoms with Crippen molar-refractivity contribution in [3.05, 3.63) is 57.5 Å². The van der Waals surface area contributed by atoms with Gasteiger partial charge in [-0.2, -0.15) is 0 Å². The Bertz CT molecular complexity index is 726. The molecular weight excluding hydrogens is 344 g/mol. The first kappa shape index (κ1) is 13.0. The number of H-pyrrole nitrogens is 1. The summed E-state index contributed by atoms with van der Waals surface area (Å²) in [5, 5.41) is 1.71. The number of aromatic amines is 1. The smallest absolute Gasteiger partial charge is 0.166 e. The molecule has 0 saturated heterocycles. The Morgan fingerprint density at radius 3 is 2.89 bits per heavy atom. The molecule has 0 aliphatic heterocycles. The Balaban J connectivity index is 1.80. The van der Waals surface area contributed by atoms with E-state index in [0.29, 0.717) is 0 Å². The molecule has 0 aliphatic carbocycles. The molecule has 0 unspecified atom stereocenters. The summed E-state index contributed by atoms with van der Waals surface area (Å²) in [5.41, 5.74) is 3.14. The van der Waals surface area contributed by atoms with E-state index in [2.05, 4.69) is 25.9 Å². The molecule has 19 heavy (non-hydrogen) atoms. The van der Waals surface area contributed by atoms with Crippen LogP contribution in [0.15, 0.2) is 52.1 Å². The third kappa shape index (κ3) is 2.96. The Morgan fingerprint density at radius 1 is 1.21 bits per heavy atom. The Labute approximate surface area is 128 Å². The highest BCUT2D eigenvalue weighted by atomic mass is 79.9. The van der Waals surface area contributed by atoms with Crippen LogP contribution in [-0.4, -0.2) is 9.97 Å². The maximum absolute atomic E-state index is 6.14. The van der Waals surface area contributed by atoms with E-state index in [-0.39, 0.29) is 0 Å². The number of nitrogens with zero attached hydrogens (tertiary/aromatic N) is 1. The van der Waals surface area contributed by atoms with Gasteiger partial charge in [0.1, 0.15) is 0 Å². The number of nitrogens with one attached hydrogen (secondary N) is 1. The first-order chi connectivity index (χ1) is 9.22. The maximum atomic E-state index is 6.14. The SMILES string of the molecule is Clc1ccccc1CSc1nc2ccc(Br)cc2[nH]1. The van der Waals surface area contributed by atoms with E-state index >= 15 is 0 Å². The number of rotatable bonds is 3. The fourth-order valence-corrected chi connectivity index (χ4v) is 3.32. The molecule has 0 saturated carbocycles. The van der Waals surface area contributed by atoms with Gasteiger partial charge in [-0.1, -0.05) is 57.5 Å². The minimum Gasteiger partial charge on any atom is -0.333 e. The quantitative estimate of drug-likeness (QED) is 0.650. The van der Waals surface area contributed by atoms with Crippen LogP contribution < -0.4 is 0 Å². The van der Waals surface area contributed by atoms with Gasteiger partial charge in [-0.05, 0) is 29.8 Å². The van der Waals surface area contributed by atoms with Gasteiger partial charge in [-0.15, -0.1) is 0 Å². The Kier molecular flexibility index (Phi) is 3.82. The van der Waals surface area contributed by atoms with E-state index in [1.807, 2.05) is 42.5 Å². The fraction of sp³-hybridized carbons (Fsp3) is 0.0714. The molecule has 0 spiro atoms. The van der Waals surface area contributed by atoms with Crippen LogP contribution in [0.3, 0.4) is 0 Å². The van der Waals surface area contributed by atoms with Gasteiger partial charge in [0.25, 0.3) is 0 Å². The van der Waals surface area contributed by atoms with Crippen molar-refractivity contribution < 1.29 is 0 Å². The number of hydrogen-bond acceptors (Lipinski definition) is 2. The minimum atomic E-state index is 0.800. The first-order valence-electron chi connectivity index (χ1n) is 5.74. The Hall–Kier alpha value is -0.970. The molecule has 96 valence electrons. The largest absolute Gasteiger partial charge is 0.333 e. The molecule has 1 heterocycles. The lowest BCUT2D eigenvalue weighted by molar-refractivity contribution is 1.08. The lowest BCUT2D eigenvalue weighted by Crippen LogP contribution is -1.82. The predicted molar refractivity (Wildman–Crippen MR) is 84.8 cm³/mol. The minimum absolute atomic E-state index is 0.800. The van der Waals surface area contributed by atoms with Crippen molar-refractivity contribution in [2.45, 2.75) is 10.9 Å². The molecule has 0 bridgehead atoms. The number of halogens is 2. The summed E-state index contributed by atoms with van der Waals surface area (Å²) in [6.07, 6.45) is 0. The number of hydrogen-bond donors (Lipinski definition) is 1. The van der Waals surface area contributed by atoms with Crippen LogP contribution in [0.5, 0.6) is 0 Å². The Morgan fingerprint density at radius 2 is 2.05 bits per heavy atom. The highest BCUT2D eigenvalue weighted by Crippen LogP contribution is 2.27. The van der Waals surface area contributed by atoms with Gasteiger partial charge in [-0.3, -0.25) is 0 Å². The molecule has 2 aromatic carbocycles. The van der Waals surface area contributed by atoms with E-state index in [9.17, 15) is 0 Å². The molecular formula is C14H10BrClN2S. The number of thioether (sulfide) groups is 1. The van der Waals surface area contributed by atoms with Gasteiger partial charge >= 0.3 is 0 Å². The van der Waals surface area contributed by atoms with Crippen LogP contribution in [0, 0.1) is 0 Å². The summed E-state index contributed by atoms with van der Waals surface area (Å²) in [7, 11) is 0. The van der Waals surface area contributed by atoms with Crippen molar-refractivity contribution in [3.63, 3.8) is 0 Å². The average molecular weight is 354 g/mol. The highest BCUT2D eigenvalue weighted by molar-refractivity contribution is 9.10. The predicted octanol–water partition coefficient (Wildman–Crippen LogP) is 5.27. The van der Waals surface area contributed by atoms with Gasteiger partial charge in [-0.25, -0.2) is 4.98 Å². The molecule has 3 aromatic rings. The third-order valence-electron chi connectivity index (χ3n) is 2.74. The lowest BCUT2D eigenvalue weighted by Gasteiger charge is -2.01. The van der Waals surface area contributed by atoms with E-state index in [1.54, 1.807) is 11.8 Å². The van der Waals surface area contributed by atoms with E-state index in [1.165, 1.54) is 0 Å². The lowest BCUT2D eigenvalue weighted by atomic mass is 10.2. The molecule has 0 atom stereocenters. The standard InChI is InChI=1S/C14H10BrClN2S/c15-10-5-6-12-13(7-10)18-14(17-12)19-8-9-3-1-2-4-11(9)16/h1-7H,8H2,(H,17,18). The monoisotopic (exact) mass is 352 g/mol. The van der Waals surface area contributed by atoms with Crippen molar-refractivity contribution >= 4 is 50.3 Å². The van der Waals surface area contributed by atoms with E-state index < -0.39 is 0 Å². The topological polar surface area (TPSA) is 28.7 Å². The summed E-state index contributed by atoms with van der Waals surface area (Å²) >= 11 is 11.2. The molecule has 3 rings (SSSR count). The molecule has 2 nitrogen and oxygen atoms in total. The molecule has 1 aromatic heterocycles. The number of aromatic nitrogens is 2. The fourth-order valence-electron chi connectivity index (χ4n) is 1.79. The van der Waals surface area contributed by atoms with Gasteiger partial charge in [0, 0.05) is 15.2 Å². The third-order valence-corrected chi connectivity index (χ3v) is 4.53. The van der Waals surface area contributed by atoms with Crippen LogP contribution >= 0.6 is 39.3 Å². The molecule has 5 heteroatoms. The van der Waals surface area contributed by atoms with Gasteiger partial charge in [0.05, 0.1) is 11.0 Å². The molecule has 0 fully saturated rings. The van der Waals surface area contributed by atoms with Crippen molar-refractivity contribution in [3.8, 4) is 0 Å². The molecule has 0 aliphatic rings. The zero-order valence-corrected chi connectivity index (χ0v) is 13.0. The van der Waals surface area contributed by atoms with Crippen molar-refractivity contribution in [2.75, 3.05) is 0 Å². The normalized spacial score (nSPS) is 11.1. The van der Waals surface area contributed by atoms with Crippen LogP contribution in [0.1, 0.15) is 5.56 Å². The maximum Gasteiger partial charge on any atom is 0.166 e. The van der Waals surface area contributed by atoms with Crippen molar-refractivity contribution in [2.24, 2.45) is 0 Å². The van der Waals surface area contributed by atoms with Crippen LogP contribution in [-0.2, 0) is 5.75 Å². The summed E-state index contributed by atoms with van der Waals surface area (Å²) in [6, 6.07) is 13.9. The second-order valence-corrected chi connectivity index (χ2v) is 6.37. The van der Waals surface area contributed by atoms with Crippen molar-refractivity contribution in [1.82, 2.24) is 9.97 Å². The van der Waals surface area contributed by atoms with Crippen molar-refractivity contribution in [1.29, 1.82) is 0 Å². The van der Waals surface area contributed by atoms with E-state index in [0.717, 1.165) is 37.0 Å². The number of benzene rings is 2. The van der Waals surface area contributed by atoms with Gasteiger partial charge < -0.3 is 4.98 Å². The van der Waals surface area contributed by atoms with Crippen LogP contribution in [0.4, 0.5) is 0 Å². The zero-order chi connectivity index (χ0) is 13.2. The summed E-state index contributed by atoms with van der Waals surface area (Å²) in [5.74, 6) is 0.806. The zero-order valence-electron chi connectivity index (χ0n) is 9.86. The first-order valence-corrected chi connectivity index (χ1v) is 7.89. The number of fused-ring (bicyclic) bond motifs is 1.